The van der Waals surface area contributed by atoms with E-state index in [-0.39, 0.29) is 12.2 Å². The molecular weight excluding hydrogens is 218 g/mol. The number of aryl methyl sites for hydroxylation is 1. The number of hydrogen-bond donors (Lipinski definition) is 2. The third-order valence-corrected chi connectivity index (χ3v) is 2.51. The summed E-state index contributed by atoms with van der Waals surface area (Å²) >= 11 is 0. The first-order valence-electron chi connectivity index (χ1n) is 5.60. The Labute approximate surface area is 101 Å². The maximum Gasteiger partial charge on any atom is 0.321 e. The topological polar surface area (TPSA) is 66.4 Å². The molecule has 1 rings (SSSR count). The number of ketones is 1. The van der Waals surface area contributed by atoms with Gasteiger partial charge in [-0.15, -0.1) is 0 Å². The fourth-order valence-electron chi connectivity index (χ4n) is 1.54. The SMILES string of the molecule is CCNC(CC(=O)c1ccc(C)cc1)C(=O)O. The van der Waals surface area contributed by atoms with Crippen LogP contribution in [0.4, 0.5) is 0 Å². The summed E-state index contributed by atoms with van der Waals surface area (Å²) in [4.78, 5) is 22.7. The molecule has 0 saturated heterocycles. The van der Waals surface area contributed by atoms with Gasteiger partial charge >= 0.3 is 5.97 Å². The van der Waals surface area contributed by atoms with E-state index in [2.05, 4.69) is 5.32 Å². The Morgan fingerprint density at radius 3 is 2.35 bits per heavy atom. The molecule has 1 atom stereocenters. The van der Waals surface area contributed by atoms with Gasteiger partial charge in [0.2, 0.25) is 0 Å². The number of carboxylic acid groups (broad SMARTS) is 1. The highest BCUT2D eigenvalue weighted by atomic mass is 16.4. The summed E-state index contributed by atoms with van der Waals surface area (Å²) in [5, 5.41) is 11.7. The van der Waals surface area contributed by atoms with Gasteiger partial charge in [0.15, 0.2) is 5.78 Å². The van der Waals surface area contributed by atoms with Gasteiger partial charge in [0, 0.05) is 12.0 Å². The number of aliphatic carboxylic acids is 1. The van der Waals surface area contributed by atoms with Crippen molar-refractivity contribution >= 4 is 11.8 Å². The Hall–Kier alpha value is -1.68. The van der Waals surface area contributed by atoms with E-state index in [1.165, 1.54) is 0 Å². The largest absolute Gasteiger partial charge is 0.480 e. The van der Waals surface area contributed by atoms with Crippen molar-refractivity contribution in [2.45, 2.75) is 26.3 Å². The lowest BCUT2D eigenvalue weighted by molar-refractivity contribution is -0.139. The van der Waals surface area contributed by atoms with E-state index in [9.17, 15) is 9.59 Å². The van der Waals surface area contributed by atoms with Gasteiger partial charge in [0.05, 0.1) is 0 Å². The Morgan fingerprint density at radius 2 is 1.88 bits per heavy atom. The standard InChI is InChI=1S/C13H17NO3/c1-3-14-11(13(16)17)8-12(15)10-6-4-9(2)5-7-10/h4-7,11,14H,3,8H2,1-2H3,(H,16,17). The molecule has 2 N–H and O–H groups in total. The van der Waals surface area contributed by atoms with E-state index >= 15 is 0 Å². The number of carbonyl (C=O) groups excluding carboxylic acids is 1. The summed E-state index contributed by atoms with van der Waals surface area (Å²) in [5.74, 6) is -1.15. The fraction of sp³-hybridized carbons (Fsp3) is 0.385. The van der Waals surface area contributed by atoms with Gasteiger partial charge in [-0.05, 0) is 13.5 Å². The average Bonchev–Trinajstić information content (AvgIpc) is 2.29. The zero-order valence-electron chi connectivity index (χ0n) is 10.1. The van der Waals surface area contributed by atoms with Crippen molar-refractivity contribution in [1.29, 1.82) is 0 Å². The molecule has 1 aromatic rings. The first kappa shape index (κ1) is 13.4. The van der Waals surface area contributed by atoms with Crippen molar-refractivity contribution in [3.8, 4) is 0 Å². The molecule has 0 bridgehead atoms. The highest BCUT2D eigenvalue weighted by molar-refractivity contribution is 5.98. The predicted molar refractivity (Wildman–Crippen MR) is 65.2 cm³/mol. The van der Waals surface area contributed by atoms with Crippen LogP contribution in [0.25, 0.3) is 0 Å². The molecule has 0 aromatic heterocycles. The summed E-state index contributed by atoms with van der Waals surface area (Å²) in [6.45, 7) is 4.28. The van der Waals surface area contributed by atoms with E-state index in [0.717, 1.165) is 5.56 Å². The molecule has 0 saturated carbocycles. The number of nitrogens with one attached hydrogen (secondary N) is 1. The number of hydrogen-bond acceptors (Lipinski definition) is 3. The summed E-state index contributed by atoms with van der Waals surface area (Å²) in [6, 6.07) is 6.33. The van der Waals surface area contributed by atoms with Gasteiger partial charge in [-0.3, -0.25) is 9.59 Å². The van der Waals surface area contributed by atoms with Gasteiger partial charge in [-0.2, -0.15) is 0 Å². The Bertz CT molecular complexity index is 398. The van der Waals surface area contributed by atoms with Crippen molar-refractivity contribution in [3.05, 3.63) is 35.4 Å². The maximum absolute atomic E-state index is 11.8. The smallest absolute Gasteiger partial charge is 0.321 e. The Balaban J connectivity index is 2.70. The molecule has 4 nitrogen and oxygen atoms in total. The van der Waals surface area contributed by atoms with Crippen molar-refractivity contribution in [2.24, 2.45) is 0 Å². The molecular formula is C13H17NO3. The molecule has 4 heteroatoms. The summed E-state index contributed by atoms with van der Waals surface area (Å²) in [7, 11) is 0. The number of carboxylic acids is 1. The van der Waals surface area contributed by atoms with Crippen LogP contribution in [0.15, 0.2) is 24.3 Å². The lowest BCUT2D eigenvalue weighted by Gasteiger charge is -2.12. The van der Waals surface area contributed by atoms with Crippen LogP contribution in [0.2, 0.25) is 0 Å². The molecule has 0 aliphatic rings. The van der Waals surface area contributed by atoms with Gasteiger partial charge in [-0.1, -0.05) is 36.8 Å². The van der Waals surface area contributed by atoms with Crippen LogP contribution in [0, 0.1) is 6.92 Å². The van der Waals surface area contributed by atoms with E-state index in [0.29, 0.717) is 12.1 Å². The zero-order valence-corrected chi connectivity index (χ0v) is 10.1. The van der Waals surface area contributed by atoms with Crippen molar-refractivity contribution in [3.63, 3.8) is 0 Å². The number of Topliss-reactive ketones (excluding diaryl/α,β-unsaturated/α-hetero) is 1. The molecule has 0 aliphatic carbocycles. The molecule has 0 radical (unpaired) electrons. The van der Waals surface area contributed by atoms with Crippen molar-refractivity contribution in [2.75, 3.05) is 6.54 Å². The molecule has 92 valence electrons. The minimum atomic E-state index is -0.993. The second kappa shape index (κ2) is 6.15. The minimum absolute atomic E-state index is 0.0216. The van der Waals surface area contributed by atoms with Crippen molar-refractivity contribution < 1.29 is 14.7 Å². The Kier molecular flexibility index (Phi) is 4.84. The number of carbonyl (C=O) groups is 2. The third-order valence-electron chi connectivity index (χ3n) is 2.51. The monoisotopic (exact) mass is 235 g/mol. The molecule has 0 heterocycles. The van der Waals surface area contributed by atoms with Crippen LogP contribution in [-0.4, -0.2) is 29.4 Å². The van der Waals surface area contributed by atoms with E-state index in [4.69, 9.17) is 5.11 Å². The maximum atomic E-state index is 11.8. The van der Waals surface area contributed by atoms with E-state index < -0.39 is 12.0 Å². The van der Waals surface area contributed by atoms with Crippen LogP contribution < -0.4 is 5.32 Å². The second-order valence-corrected chi connectivity index (χ2v) is 3.94. The quantitative estimate of drug-likeness (QED) is 0.735. The van der Waals surface area contributed by atoms with Gasteiger partial charge in [0.1, 0.15) is 6.04 Å². The third kappa shape index (κ3) is 4.00. The highest BCUT2D eigenvalue weighted by Crippen LogP contribution is 2.08. The normalized spacial score (nSPS) is 12.1. The molecule has 1 aromatic carbocycles. The lowest BCUT2D eigenvalue weighted by atomic mass is 10.0. The summed E-state index contributed by atoms with van der Waals surface area (Å²) in [5.41, 5.74) is 1.63. The fourth-order valence-corrected chi connectivity index (χ4v) is 1.54. The molecule has 0 fully saturated rings. The van der Waals surface area contributed by atoms with Crippen LogP contribution in [0.3, 0.4) is 0 Å². The molecule has 17 heavy (non-hydrogen) atoms. The molecule has 0 aliphatic heterocycles. The molecule has 1 unspecified atom stereocenters. The molecule has 0 amide bonds. The first-order chi connectivity index (χ1) is 8.04. The predicted octanol–water partition coefficient (Wildman–Crippen LogP) is 1.63. The summed E-state index contributed by atoms with van der Waals surface area (Å²) in [6.07, 6.45) is -0.0216. The summed E-state index contributed by atoms with van der Waals surface area (Å²) < 4.78 is 0. The Morgan fingerprint density at radius 1 is 1.29 bits per heavy atom. The zero-order chi connectivity index (χ0) is 12.8. The minimum Gasteiger partial charge on any atom is -0.480 e. The first-order valence-corrected chi connectivity index (χ1v) is 5.60. The highest BCUT2D eigenvalue weighted by Gasteiger charge is 2.20. The van der Waals surface area contributed by atoms with Crippen LogP contribution in [-0.2, 0) is 4.79 Å². The van der Waals surface area contributed by atoms with Gasteiger partial charge < -0.3 is 10.4 Å². The van der Waals surface area contributed by atoms with E-state index in [1.54, 1.807) is 12.1 Å². The van der Waals surface area contributed by atoms with Crippen molar-refractivity contribution in [1.82, 2.24) is 5.32 Å². The van der Waals surface area contributed by atoms with E-state index in [1.807, 2.05) is 26.0 Å². The second-order valence-electron chi connectivity index (χ2n) is 3.94. The van der Waals surface area contributed by atoms with Crippen LogP contribution in [0.5, 0.6) is 0 Å². The van der Waals surface area contributed by atoms with Gasteiger partial charge in [0.25, 0.3) is 0 Å². The number of benzene rings is 1. The van der Waals surface area contributed by atoms with Gasteiger partial charge in [-0.25, -0.2) is 0 Å². The van der Waals surface area contributed by atoms with Crippen LogP contribution >= 0.6 is 0 Å². The average molecular weight is 235 g/mol. The number of rotatable bonds is 6. The lowest BCUT2D eigenvalue weighted by Crippen LogP contribution is -2.38. The van der Waals surface area contributed by atoms with Crippen LogP contribution in [0.1, 0.15) is 29.3 Å². The molecule has 0 spiro atoms. The number of likely N-dealkylation sites (N-methyl/N-ethyl adjacent to an activating group) is 1.